The van der Waals surface area contributed by atoms with Gasteiger partial charge in [0.05, 0.1) is 5.92 Å². The summed E-state index contributed by atoms with van der Waals surface area (Å²) in [6, 6.07) is 0. The van der Waals surface area contributed by atoms with E-state index < -0.39 is 5.97 Å². The van der Waals surface area contributed by atoms with Crippen molar-refractivity contribution in [3.63, 3.8) is 0 Å². The molecular weight excluding hydrogens is 232 g/mol. The number of carboxylic acids is 1. The van der Waals surface area contributed by atoms with Gasteiger partial charge in [-0.25, -0.2) is 0 Å². The minimum Gasteiger partial charge on any atom is -0.481 e. The number of nitrogens with one attached hydrogen (secondary N) is 2. The van der Waals surface area contributed by atoms with Crippen molar-refractivity contribution in [1.82, 2.24) is 10.6 Å². The van der Waals surface area contributed by atoms with Gasteiger partial charge in [-0.1, -0.05) is 13.8 Å². The molecule has 1 fully saturated rings. The lowest BCUT2D eigenvalue weighted by molar-refractivity contribution is -0.137. The number of hydrogen-bond donors (Lipinski definition) is 3. The van der Waals surface area contributed by atoms with Crippen LogP contribution in [0.1, 0.15) is 33.1 Å². The van der Waals surface area contributed by atoms with Crippen LogP contribution in [-0.4, -0.2) is 36.6 Å². The predicted octanol–water partition coefficient (Wildman–Crippen LogP) is 0.849. The number of amides is 1. The summed E-state index contributed by atoms with van der Waals surface area (Å²) in [5.74, 6) is 0.314. The van der Waals surface area contributed by atoms with Crippen molar-refractivity contribution < 1.29 is 14.7 Å². The molecule has 0 spiro atoms. The first-order valence-corrected chi connectivity index (χ1v) is 6.71. The Morgan fingerprint density at radius 1 is 1.33 bits per heavy atom. The van der Waals surface area contributed by atoms with Gasteiger partial charge < -0.3 is 15.7 Å². The van der Waals surface area contributed by atoms with Crippen LogP contribution in [0.3, 0.4) is 0 Å². The van der Waals surface area contributed by atoms with Gasteiger partial charge in [-0.15, -0.1) is 0 Å². The van der Waals surface area contributed by atoms with Crippen LogP contribution in [0.5, 0.6) is 0 Å². The summed E-state index contributed by atoms with van der Waals surface area (Å²) < 4.78 is 0. The molecule has 1 unspecified atom stereocenters. The van der Waals surface area contributed by atoms with Crippen LogP contribution in [-0.2, 0) is 9.59 Å². The Balaban J connectivity index is 2.19. The Labute approximate surface area is 108 Å². The molecule has 0 aromatic rings. The topological polar surface area (TPSA) is 78.4 Å². The third-order valence-electron chi connectivity index (χ3n) is 3.64. The second-order valence-corrected chi connectivity index (χ2v) is 5.37. The molecule has 1 aliphatic rings. The molecule has 0 aliphatic carbocycles. The van der Waals surface area contributed by atoms with Gasteiger partial charge in [0.2, 0.25) is 5.91 Å². The second-order valence-electron chi connectivity index (χ2n) is 5.37. The monoisotopic (exact) mass is 256 g/mol. The van der Waals surface area contributed by atoms with Crippen LogP contribution in [0.25, 0.3) is 0 Å². The molecule has 5 nitrogen and oxygen atoms in total. The van der Waals surface area contributed by atoms with Crippen molar-refractivity contribution in [2.75, 3.05) is 19.6 Å². The fourth-order valence-corrected chi connectivity index (χ4v) is 2.12. The zero-order valence-corrected chi connectivity index (χ0v) is 11.2. The Kier molecular flexibility index (Phi) is 6.12. The molecular formula is C13H24N2O3. The number of hydrogen-bond acceptors (Lipinski definition) is 3. The summed E-state index contributed by atoms with van der Waals surface area (Å²) in [6.07, 6.45) is 1.76. The summed E-state index contributed by atoms with van der Waals surface area (Å²) in [7, 11) is 0. The summed E-state index contributed by atoms with van der Waals surface area (Å²) in [6.45, 7) is 6.41. The van der Waals surface area contributed by atoms with Crippen molar-refractivity contribution >= 4 is 11.9 Å². The van der Waals surface area contributed by atoms with E-state index in [1.54, 1.807) is 0 Å². The van der Waals surface area contributed by atoms with E-state index in [1.807, 2.05) is 0 Å². The average Bonchev–Trinajstić information content (AvgIpc) is 2.19. The average molecular weight is 256 g/mol. The number of rotatable bonds is 8. The van der Waals surface area contributed by atoms with Gasteiger partial charge in [0, 0.05) is 26.1 Å². The van der Waals surface area contributed by atoms with Crippen LogP contribution in [0, 0.1) is 17.8 Å². The molecule has 0 aromatic carbocycles. The summed E-state index contributed by atoms with van der Waals surface area (Å²) >= 11 is 0. The minimum absolute atomic E-state index is 0.120. The molecule has 1 rings (SSSR count). The lowest BCUT2D eigenvalue weighted by Gasteiger charge is -2.26. The van der Waals surface area contributed by atoms with Crippen molar-refractivity contribution in [3.05, 3.63) is 0 Å². The number of carbonyl (C=O) groups excluding carboxylic acids is 1. The fraction of sp³-hybridized carbons (Fsp3) is 0.846. The Hall–Kier alpha value is -1.10. The lowest BCUT2D eigenvalue weighted by Crippen LogP contribution is -2.51. The van der Waals surface area contributed by atoms with E-state index in [0.717, 1.165) is 19.5 Å². The predicted molar refractivity (Wildman–Crippen MR) is 69.2 cm³/mol. The Morgan fingerprint density at radius 2 is 2.00 bits per heavy atom. The van der Waals surface area contributed by atoms with E-state index >= 15 is 0 Å². The molecule has 0 saturated carbocycles. The number of carboxylic acid groups (broad SMARTS) is 1. The van der Waals surface area contributed by atoms with Crippen LogP contribution < -0.4 is 10.6 Å². The van der Waals surface area contributed by atoms with E-state index in [1.165, 1.54) is 0 Å². The maximum atomic E-state index is 11.6. The molecule has 0 radical (unpaired) electrons. The molecule has 1 saturated heterocycles. The van der Waals surface area contributed by atoms with Gasteiger partial charge in [-0.3, -0.25) is 9.59 Å². The van der Waals surface area contributed by atoms with Gasteiger partial charge in [0.1, 0.15) is 0 Å². The first kappa shape index (κ1) is 15.0. The van der Waals surface area contributed by atoms with Crippen LogP contribution in [0.2, 0.25) is 0 Å². The maximum absolute atomic E-state index is 11.6. The number of aliphatic carboxylic acids is 1. The van der Waals surface area contributed by atoms with Gasteiger partial charge in [-0.05, 0) is 24.7 Å². The molecule has 3 N–H and O–H groups in total. The highest BCUT2D eigenvalue weighted by atomic mass is 16.4. The van der Waals surface area contributed by atoms with E-state index in [2.05, 4.69) is 24.5 Å². The molecule has 1 amide bonds. The maximum Gasteiger partial charge on any atom is 0.303 e. The summed E-state index contributed by atoms with van der Waals surface area (Å²) in [5, 5.41) is 14.7. The summed E-state index contributed by atoms with van der Waals surface area (Å²) in [4.78, 5) is 22.2. The highest BCUT2D eigenvalue weighted by Gasteiger charge is 2.24. The first-order chi connectivity index (χ1) is 8.50. The third kappa shape index (κ3) is 5.04. The Morgan fingerprint density at radius 3 is 2.44 bits per heavy atom. The molecule has 5 heteroatoms. The Bertz CT molecular complexity index is 288. The molecule has 1 aliphatic heterocycles. The van der Waals surface area contributed by atoms with Crippen molar-refractivity contribution in [3.8, 4) is 0 Å². The van der Waals surface area contributed by atoms with Gasteiger partial charge >= 0.3 is 5.97 Å². The molecule has 1 atom stereocenters. The van der Waals surface area contributed by atoms with Crippen molar-refractivity contribution in [2.24, 2.45) is 17.8 Å². The van der Waals surface area contributed by atoms with Gasteiger partial charge in [0.25, 0.3) is 0 Å². The van der Waals surface area contributed by atoms with E-state index in [-0.39, 0.29) is 18.2 Å². The fourth-order valence-electron chi connectivity index (χ4n) is 2.12. The molecule has 104 valence electrons. The normalized spacial score (nSPS) is 17.3. The summed E-state index contributed by atoms with van der Waals surface area (Å²) in [5.41, 5.74) is 0. The number of carbonyl (C=O) groups is 2. The van der Waals surface area contributed by atoms with E-state index in [4.69, 9.17) is 5.11 Å². The molecule has 0 aromatic heterocycles. The van der Waals surface area contributed by atoms with Crippen molar-refractivity contribution in [1.29, 1.82) is 0 Å². The SMILES string of the molecule is CC(C)C(CCNC(=O)C1CNC1)CCC(=O)O. The van der Waals surface area contributed by atoms with Gasteiger partial charge in [-0.2, -0.15) is 0 Å². The van der Waals surface area contributed by atoms with Crippen molar-refractivity contribution in [2.45, 2.75) is 33.1 Å². The van der Waals surface area contributed by atoms with Crippen LogP contribution in [0.4, 0.5) is 0 Å². The largest absolute Gasteiger partial charge is 0.481 e. The second kappa shape index (κ2) is 7.36. The minimum atomic E-state index is -0.745. The highest BCUT2D eigenvalue weighted by molar-refractivity contribution is 5.79. The zero-order valence-electron chi connectivity index (χ0n) is 11.2. The van der Waals surface area contributed by atoms with E-state index in [9.17, 15) is 9.59 Å². The standard InChI is InChI=1S/C13H24N2O3/c1-9(2)10(3-4-12(16)17)5-6-15-13(18)11-7-14-8-11/h9-11,14H,3-8H2,1-2H3,(H,15,18)(H,16,17). The zero-order chi connectivity index (χ0) is 13.5. The smallest absolute Gasteiger partial charge is 0.303 e. The highest BCUT2D eigenvalue weighted by Crippen LogP contribution is 2.20. The quantitative estimate of drug-likeness (QED) is 0.601. The third-order valence-corrected chi connectivity index (χ3v) is 3.64. The van der Waals surface area contributed by atoms with Gasteiger partial charge in [0.15, 0.2) is 0 Å². The molecule has 1 heterocycles. The van der Waals surface area contributed by atoms with Crippen LogP contribution in [0.15, 0.2) is 0 Å². The van der Waals surface area contributed by atoms with Crippen LogP contribution >= 0.6 is 0 Å². The molecule has 0 bridgehead atoms. The first-order valence-electron chi connectivity index (χ1n) is 6.71. The molecule has 18 heavy (non-hydrogen) atoms. The lowest BCUT2D eigenvalue weighted by atomic mass is 9.88. The van der Waals surface area contributed by atoms with E-state index in [0.29, 0.717) is 24.8 Å².